The van der Waals surface area contributed by atoms with Gasteiger partial charge in [-0.05, 0) is 89.9 Å². The van der Waals surface area contributed by atoms with Crippen LogP contribution in [0.5, 0.6) is 0 Å². The smallest absolute Gasteiger partial charge is 0.354 e. The Labute approximate surface area is 344 Å². The van der Waals surface area contributed by atoms with Crippen LogP contribution in [0.15, 0.2) is 97.2 Å². The Balaban J connectivity index is 3.89. The molecule has 2 atom stereocenters. The summed E-state index contributed by atoms with van der Waals surface area (Å²) in [6.07, 6.45) is 52.9. The van der Waals surface area contributed by atoms with Gasteiger partial charge >= 0.3 is 15.6 Å². The first-order valence-electron chi connectivity index (χ1n) is 21.0. The van der Waals surface area contributed by atoms with Gasteiger partial charge in [0.15, 0.2) is 0 Å². The highest BCUT2D eigenvalue weighted by atomic mass is 31.3. The first-order chi connectivity index (χ1) is 27.6. The summed E-state index contributed by atoms with van der Waals surface area (Å²) < 4.78 is 37.8. The van der Waals surface area contributed by atoms with Crippen LogP contribution in [0.2, 0.25) is 0 Å². The van der Waals surface area contributed by atoms with Crippen molar-refractivity contribution in [1.82, 2.24) is 10.6 Å². The molecule has 0 spiro atoms. The van der Waals surface area contributed by atoms with E-state index >= 15 is 0 Å². The minimum atomic E-state index is -4.95. The molecule has 0 radical (unpaired) electrons. The van der Waals surface area contributed by atoms with Gasteiger partial charge in [0.25, 0.3) is 0 Å². The molecule has 11 nitrogen and oxygen atoms in total. The zero-order valence-corrected chi connectivity index (χ0v) is 36.6. The minimum absolute atomic E-state index is 0.0951. The molecule has 2 amide bonds. The Bertz CT molecular complexity index is 1250. The maximum atomic E-state index is 12.1. The summed E-state index contributed by atoms with van der Waals surface area (Å²) >= 11 is 0. The Kier molecular flexibility index (Phi) is 37.9. The molecule has 57 heavy (non-hydrogen) atoms. The second kappa shape index (κ2) is 39.9. The number of unbranched alkanes of at least 4 members (excludes halogenated alkanes) is 8. The van der Waals surface area contributed by atoms with Crippen molar-refractivity contribution in [2.24, 2.45) is 0 Å². The van der Waals surface area contributed by atoms with Crippen LogP contribution < -0.4 is 10.6 Å². The molecule has 0 aromatic carbocycles. The lowest BCUT2D eigenvalue weighted by Gasteiger charge is -2.16. The minimum Gasteiger partial charge on any atom is -0.354 e. The summed E-state index contributed by atoms with van der Waals surface area (Å²) in [5.74, 6) is -0.506. The molecule has 0 aromatic heterocycles. The van der Waals surface area contributed by atoms with Gasteiger partial charge in [0.1, 0.15) is 0 Å². The predicted octanol–water partition coefficient (Wildman–Crippen LogP) is 11.8. The van der Waals surface area contributed by atoms with E-state index in [1.54, 1.807) is 0 Å². The van der Waals surface area contributed by atoms with Gasteiger partial charge in [-0.3, -0.25) is 18.6 Å². The molecule has 0 aromatic rings. The standard InChI is InChI=1S/C44H74N2O9P2/c1-3-5-7-9-11-13-15-17-19-21-23-25-27-29-31-33-35-37-43(47)45-39-41-53-56(49,50)55-57(51,52)54-42-40-46-44(48)38-36-34-32-30-28-26-24-22-20-18-16-14-12-10-8-6-4-2/h11-14,17-20,23-26,29-32H,3-10,15-16,21-22,27-28,33-42H2,1-2H3,(H,45,47)(H,46,48)(H,49,50)(H,51,52). The van der Waals surface area contributed by atoms with Crippen LogP contribution in [0.4, 0.5) is 0 Å². The lowest BCUT2D eigenvalue weighted by Crippen LogP contribution is -2.27. The Morgan fingerprint density at radius 1 is 0.456 bits per heavy atom. The predicted molar refractivity (Wildman–Crippen MR) is 235 cm³/mol. The molecule has 2 unspecified atom stereocenters. The number of amides is 2. The average Bonchev–Trinajstić information content (AvgIpc) is 3.17. The molecule has 324 valence electrons. The van der Waals surface area contributed by atoms with E-state index in [9.17, 15) is 28.5 Å². The zero-order valence-electron chi connectivity index (χ0n) is 34.9. The van der Waals surface area contributed by atoms with Crippen LogP contribution in [0, 0.1) is 0 Å². The molecule has 4 N–H and O–H groups in total. The summed E-state index contributed by atoms with van der Waals surface area (Å²) in [5, 5.41) is 5.12. The van der Waals surface area contributed by atoms with Crippen LogP contribution in [0.3, 0.4) is 0 Å². The molecule has 0 aliphatic rings. The number of hydrogen-bond acceptors (Lipinski definition) is 7. The van der Waals surface area contributed by atoms with E-state index in [1.165, 1.54) is 38.5 Å². The molecular weight excluding hydrogens is 762 g/mol. The summed E-state index contributed by atoms with van der Waals surface area (Å²) in [5.41, 5.74) is 0. The van der Waals surface area contributed by atoms with Gasteiger partial charge in [-0.2, -0.15) is 4.31 Å². The summed E-state index contributed by atoms with van der Waals surface area (Å²) in [4.78, 5) is 43.6. The van der Waals surface area contributed by atoms with Crippen LogP contribution in [-0.4, -0.2) is 47.9 Å². The van der Waals surface area contributed by atoms with Crippen molar-refractivity contribution >= 4 is 27.5 Å². The SMILES string of the molecule is CCCCCC=CCC=CCC=CCC=CCCCC(=O)NCCOP(=O)(O)OP(=O)(O)OCCNC(=O)CCCC=CCC=CCC=CCC=CCCCCC. The number of rotatable bonds is 38. The van der Waals surface area contributed by atoms with Crippen molar-refractivity contribution in [3.05, 3.63) is 97.2 Å². The summed E-state index contributed by atoms with van der Waals surface area (Å²) in [7, 11) is -9.91. The normalized spacial score (nSPS) is 14.8. The highest BCUT2D eigenvalue weighted by Crippen LogP contribution is 2.60. The highest BCUT2D eigenvalue weighted by molar-refractivity contribution is 7.61. The molecule has 0 saturated heterocycles. The fourth-order valence-electron chi connectivity index (χ4n) is 4.94. The molecule has 0 fully saturated rings. The van der Waals surface area contributed by atoms with E-state index in [0.717, 1.165) is 64.2 Å². The number of phosphoric ester groups is 2. The number of carbonyl (C=O) groups is 2. The molecular formula is C44H74N2O9P2. The van der Waals surface area contributed by atoms with Crippen molar-refractivity contribution < 1.29 is 41.9 Å². The number of carbonyl (C=O) groups excluding carboxylic acids is 2. The van der Waals surface area contributed by atoms with Crippen molar-refractivity contribution in [1.29, 1.82) is 0 Å². The lowest BCUT2D eigenvalue weighted by atomic mass is 10.2. The number of hydrogen-bond donors (Lipinski definition) is 4. The summed E-state index contributed by atoms with van der Waals surface area (Å²) in [6.45, 7) is 3.39. The Hall–Kier alpha value is -2.88. The molecule has 0 saturated carbocycles. The first kappa shape index (κ1) is 54.1. The van der Waals surface area contributed by atoms with Crippen molar-refractivity contribution in [3.8, 4) is 0 Å². The maximum absolute atomic E-state index is 12.1. The number of allylic oxidation sites excluding steroid dienone is 16. The van der Waals surface area contributed by atoms with E-state index in [2.05, 4.69) is 123 Å². The van der Waals surface area contributed by atoms with Crippen LogP contribution in [0.25, 0.3) is 0 Å². The van der Waals surface area contributed by atoms with Gasteiger partial charge in [0.2, 0.25) is 11.8 Å². The van der Waals surface area contributed by atoms with E-state index in [-0.39, 0.29) is 37.7 Å². The molecule has 13 heteroatoms. The third-order valence-electron chi connectivity index (χ3n) is 8.03. The van der Waals surface area contributed by atoms with Gasteiger partial charge < -0.3 is 20.4 Å². The van der Waals surface area contributed by atoms with Gasteiger partial charge in [-0.25, -0.2) is 9.13 Å². The number of phosphoric acid groups is 2. The van der Waals surface area contributed by atoms with E-state index in [0.29, 0.717) is 12.8 Å². The Morgan fingerprint density at radius 2 is 0.737 bits per heavy atom. The summed E-state index contributed by atoms with van der Waals surface area (Å²) in [6, 6.07) is 0. The second-order valence-electron chi connectivity index (χ2n) is 13.3. The molecule has 0 rings (SSSR count). The van der Waals surface area contributed by atoms with E-state index in [1.807, 2.05) is 12.2 Å². The third kappa shape index (κ3) is 42.5. The molecule has 0 heterocycles. The quantitative estimate of drug-likeness (QED) is 0.0269. The second-order valence-corrected chi connectivity index (χ2v) is 16.4. The third-order valence-corrected chi connectivity index (χ3v) is 10.7. The van der Waals surface area contributed by atoms with Crippen molar-refractivity contribution in [2.75, 3.05) is 26.3 Å². The first-order valence-corrected chi connectivity index (χ1v) is 24.0. The Morgan fingerprint density at radius 3 is 1.04 bits per heavy atom. The highest BCUT2D eigenvalue weighted by Gasteiger charge is 2.35. The monoisotopic (exact) mass is 836 g/mol. The van der Waals surface area contributed by atoms with Gasteiger partial charge in [0.05, 0.1) is 13.2 Å². The van der Waals surface area contributed by atoms with Gasteiger partial charge in [-0.15, -0.1) is 0 Å². The fraction of sp³-hybridized carbons (Fsp3) is 0.591. The number of nitrogens with one attached hydrogen (secondary N) is 2. The lowest BCUT2D eigenvalue weighted by molar-refractivity contribution is -0.122. The molecule has 0 bridgehead atoms. The zero-order chi connectivity index (χ0) is 42.0. The van der Waals surface area contributed by atoms with E-state index in [4.69, 9.17) is 0 Å². The topological polar surface area (TPSA) is 160 Å². The largest absolute Gasteiger partial charge is 0.481 e. The molecule has 0 aliphatic heterocycles. The van der Waals surface area contributed by atoms with Crippen molar-refractivity contribution in [2.45, 2.75) is 142 Å². The fourth-order valence-corrected chi connectivity index (χ4v) is 7.00. The average molecular weight is 837 g/mol. The van der Waals surface area contributed by atoms with Crippen molar-refractivity contribution in [3.63, 3.8) is 0 Å². The van der Waals surface area contributed by atoms with Gasteiger partial charge in [-0.1, -0.05) is 137 Å². The van der Waals surface area contributed by atoms with Crippen LogP contribution in [0.1, 0.15) is 142 Å². The van der Waals surface area contributed by atoms with Crippen LogP contribution in [-0.2, 0) is 32.1 Å². The molecule has 0 aliphatic carbocycles. The van der Waals surface area contributed by atoms with Crippen LogP contribution >= 0.6 is 15.6 Å². The maximum Gasteiger partial charge on any atom is 0.481 e. The van der Waals surface area contributed by atoms with E-state index < -0.39 is 28.9 Å². The van der Waals surface area contributed by atoms with Gasteiger partial charge in [0, 0.05) is 25.9 Å².